The molecule has 2 heterocycles. The largest absolute Gasteiger partial charge is 0.463 e. The van der Waals surface area contributed by atoms with Crippen molar-refractivity contribution in [1.29, 1.82) is 0 Å². The molecule has 6 heteroatoms. The Labute approximate surface area is 217 Å². The van der Waals surface area contributed by atoms with Gasteiger partial charge in [0.1, 0.15) is 0 Å². The highest BCUT2D eigenvalue weighted by Gasteiger charge is 2.34. The lowest BCUT2D eigenvalue weighted by molar-refractivity contribution is -0.139. The van der Waals surface area contributed by atoms with Gasteiger partial charge in [0, 0.05) is 0 Å². The summed E-state index contributed by atoms with van der Waals surface area (Å²) in [4.78, 5) is 32.5. The first-order chi connectivity index (χ1) is 18.1. The quantitative estimate of drug-likeness (QED) is 0.320. The SMILES string of the molecule is CCOC(=O)C1=C(C)N=c2s/c(=C\c3cccc4ccccc34)c(=O)n2[C@H]1c1cccc2ccccc12. The van der Waals surface area contributed by atoms with E-state index in [-0.39, 0.29) is 12.2 Å². The van der Waals surface area contributed by atoms with Crippen molar-refractivity contribution in [2.45, 2.75) is 19.9 Å². The van der Waals surface area contributed by atoms with Gasteiger partial charge in [-0.25, -0.2) is 9.79 Å². The summed E-state index contributed by atoms with van der Waals surface area (Å²) in [5.74, 6) is -0.454. The van der Waals surface area contributed by atoms with Gasteiger partial charge in [-0.15, -0.1) is 0 Å². The van der Waals surface area contributed by atoms with Crippen molar-refractivity contribution in [2.75, 3.05) is 6.61 Å². The molecule has 0 amide bonds. The predicted molar refractivity (Wildman–Crippen MR) is 148 cm³/mol. The van der Waals surface area contributed by atoms with E-state index in [1.165, 1.54) is 11.3 Å². The first kappa shape index (κ1) is 23.1. The van der Waals surface area contributed by atoms with Crippen LogP contribution in [-0.4, -0.2) is 17.1 Å². The van der Waals surface area contributed by atoms with Gasteiger partial charge in [-0.05, 0) is 52.6 Å². The van der Waals surface area contributed by atoms with Crippen LogP contribution >= 0.6 is 11.3 Å². The second-order valence-electron chi connectivity index (χ2n) is 8.94. The third-order valence-electron chi connectivity index (χ3n) is 6.74. The Morgan fingerprint density at radius 3 is 2.35 bits per heavy atom. The number of thiazole rings is 1. The van der Waals surface area contributed by atoms with Crippen molar-refractivity contribution in [1.82, 2.24) is 4.57 Å². The number of aromatic nitrogens is 1. The zero-order valence-electron chi connectivity index (χ0n) is 20.5. The predicted octanol–water partition coefficient (Wildman–Crippen LogP) is 5.10. The molecule has 37 heavy (non-hydrogen) atoms. The highest BCUT2D eigenvalue weighted by Crippen LogP contribution is 2.34. The molecule has 0 saturated heterocycles. The molecule has 182 valence electrons. The second-order valence-corrected chi connectivity index (χ2v) is 9.95. The molecule has 5 aromatic rings. The third-order valence-corrected chi connectivity index (χ3v) is 7.73. The van der Waals surface area contributed by atoms with E-state index in [9.17, 15) is 9.59 Å². The van der Waals surface area contributed by atoms with E-state index in [4.69, 9.17) is 9.73 Å². The second kappa shape index (κ2) is 9.30. The van der Waals surface area contributed by atoms with E-state index in [1.807, 2.05) is 79.7 Å². The maximum absolute atomic E-state index is 14.0. The molecule has 1 atom stereocenters. The van der Waals surface area contributed by atoms with E-state index >= 15 is 0 Å². The summed E-state index contributed by atoms with van der Waals surface area (Å²) in [6.45, 7) is 3.83. The number of carbonyl (C=O) groups excluding carboxylic acids is 1. The van der Waals surface area contributed by atoms with Crippen LogP contribution in [0.5, 0.6) is 0 Å². The number of ether oxygens (including phenoxy) is 1. The molecule has 0 radical (unpaired) electrons. The van der Waals surface area contributed by atoms with Crippen molar-refractivity contribution >= 4 is 44.9 Å². The van der Waals surface area contributed by atoms with Gasteiger partial charge in [-0.3, -0.25) is 9.36 Å². The average molecular weight is 505 g/mol. The molecular weight excluding hydrogens is 480 g/mol. The third kappa shape index (κ3) is 3.90. The van der Waals surface area contributed by atoms with E-state index in [0.29, 0.717) is 20.6 Å². The van der Waals surface area contributed by atoms with Gasteiger partial charge >= 0.3 is 5.97 Å². The molecule has 4 aromatic carbocycles. The van der Waals surface area contributed by atoms with Crippen molar-refractivity contribution in [3.63, 3.8) is 0 Å². The summed E-state index contributed by atoms with van der Waals surface area (Å²) in [5, 5.41) is 4.20. The number of rotatable bonds is 4. The zero-order chi connectivity index (χ0) is 25.5. The van der Waals surface area contributed by atoms with Crippen molar-refractivity contribution in [3.05, 3.63) is 127 Å². The number of hydrogen-bond acceptors (Lipinski definition) is 5. The minimum absolute atomic E-state index is 0.177. The molecular formula is C31H24N2O3S. The number of esters is 1. The Morgan fingerprint density at radius 2 is 1.59 bits per heavy atom. The smallest absolute Gasteiger partial charge is 0.338 e. The normalized spacial score (nSPS) is 15.6. The number of hydrogen-bond donors (Lipinski definition) is 0. The Balaban J connectivity index is 1.64. The fourth-order valence-corrected chi connectivity index (χ4v) is 6.13. The molecule has 6 rings (SSSR count). The lowest BCUT2D eigenvalue weighted by Crippen LogP contribution is -2.40. The molecule has 0 N–H and O–H groups in total. The van der Waals surface area contributed by atoms with Gasteiger partial charge < -0.3 is 4.74 Å². The van der Waals surface area contributed by atoms with Crippen LogP contribution in [0.25, 0.3) is 27.6 Å². The van der Waals surface area contributed by atoms with Crippen LogP contribution in [0.4, 0.5) is 0 Å². The number of allylic oxidation sites excluding steroid dienone is 1. The summed E-state index contributed by atoms with van der Waals surface area (Å²) in [6.07, 6.45) is 1.93. The lowest BCUT2D eigenvalue weighted by atomic mass is 9.91. The first-order valence-corrected chi connectivity index (χ1v) is 13.0. The van der Waals surface area contributed by atoms with Crippen molar-refractivity contribution in [2.24, 2.45) is 4.99 Å². The van der Waals surface area contributed by atoms with E-state index in [0.717, 1.165) is 32.7 Å². The zero-order valence-corrected chi connectivity index (χ0v) is 21.3. The molecule has 0 unspecified atom stereocenters. The van der Waals surface area contributed by atoms with Crippen LogP contribution < -0.4 is 14.9 Å². The van der Waals surface area contributed by atoms with Crippen LogP contribution in [0, 0.1) is 0 Å². The maximum atomic E-state index is 14.0. The molecule has 0 fully saturated rings. The minimum atomic E-state index is -0.643. The molecule has 0 saturated carbocycles. The average Bonchev–Trinajstić information content (AvgIpc) is 3.22. The maximum Gasteiger partial charge on any atom is 0.338 e. The molecule has 1 aromatic heterocycles. The minimum Gasteiger partial charge on any atom is -0.463 e. The Kier molecular flexibility index (Phi) is 5.81. The van der Waals surface area contributed by atoms with Crippen LogP contribution in [0.15, 0.2) is 106 Å². The molecule has 1 aliphatic rings. The molecule has 0 spiro atoms. The van der Waals surface area contributed by atoms with Gasteiger partial charge in [0.15, 0.2) is 4.80 Å². The number of benzene rings is 4. The molecule has 1 aliphatic heterocycles. The van der Waals surface area contributed by atoms with Gasteiger partial charge in [-0.2, -0.15) is 0 Å². The lowest BCUT2D eigenvalue weighted by Gasteiger charge is -2.25. The summed E-state index contributed by atoms with van der Waals surface area (Å²) < 4.78 is 7.67. The summed E-state index contributed by atoms with van der Waals surface area (Å²) in [6, 6.07) is 27.5. The fourth-order valence-electron chi connectivity index (χ4n) is 5.09. The summed E-state index contributed by atoms with van der Waals surface area (Å²) in [7, 11) is 0. The van der Waals surface area contributed by atoms with E-state index < -0.39 is 12.0 Å². The van der Waals surface area contributed by atoms with Crippen LogP contribution in [0.2, 0.25) is 0 Å². The number of carbonyl (C=O) groups is 1. The summed E-state index contributed by atoms with van der Waals surface area (Å²) in [5.41, 5.74) is 2.61. The highest BCUT2D eigenvalue weighted by molar-refractivity contribution is 7.07. The standard InChI is InChI=1S/C31H24N2O3S/c1-3-36-30(35)27-19(2)32-31-33(28(27)25-17-9-13-21-11-5-7-16-24(21)25)29(34)26(37-31)18-22-14-8-12-20-10-4-6-15-23(20)22/h4-18,28H,3H2,1-2H3/b26-18-/t28-/m0/s1. The monoisotopic (exact) mass is 504 g/mol. The topological polar surface area (TPSA) is 60.7 Å². The van der Waals surface area contributed by atoms with Crippen LogP contribution in [0.1, 0.15) is 31.0 Å². The van der Waals surface area contributed by atoms with Crippen molar-refractivity contribution < 1.29 is 9.53 Å². The van der Waals surface area contributed by atoms with E-state index in [2.05, 4.69) is 18.2 Å². The number of nitrogens with zero attached hydrogens (tertiary/aromatic N) is 2. The molecule has 5 nitrogen and oxygen atoms in total. The van der Waals surface area contributed by atoms with Gasteiger partial charge in [0.25, 0.3) is 5.56 Å². The van der Waals surface area contributed by atoms with Gasteiger partial charge in [0.05, 0.1) is 28.5 Å². The molecule has 0 aliphatic carbocycles. The van der Waals surface area contributed by atoms with Gasteiger partial charge in [-0.1, -0.05) is 96.3 Å². The van der Waals surface area contributed by atoms with Gasteiger partial charge in [0.2, 0.25) is 0 Å². The van der Waals surface area contributed by atoms with Crippen molar-refractivity contribution in [3.8, 4) is 0 Å². The Bertz CT molecular complexity index is 1900. The molecule has 0 bridgehead atoms. The van der Waals surface area contributed by atoms with E-state index in [1.54, 1.807) is 11.5 Å². The number of fused-ring (bicyclic) bond motifs is 3. The highest BCUT2D eigenvalue weighted by atomic mass is 32.1. The Hall–Kier alpha value is -4.29. The summed E-state index contributed by atoms with van der Waals surface area (Å²) >= 11 is 1.34. The fraction of sp³-hybridized carbons (Fsp3) is 0.129. The van der Waals surface area contributed by atoms with Crippen LogP contribution in [0.3, 0.4) is 0 Å². The first-order valence-electron chi connectivity index (χ1n) is 12.2. The Morgan fingerprint density at radius 1 is 0.946 bits per heavy atom. The van der Waals surface area contributed by atoms with Crippen LogP contribution in [-0.2, 0) is 9.53 Å².